The Hall–Kier alpha value is -2.81. The van der Waals surface area contributed by atoms with E-state index in [1.807, 2.05) is 36.4 Å². The minimum absolute atomic E-state index is 0.264. The molecule has 0 atom stereocenters. The first-order chi connectivity index (χ1) is 10.8. The minimum Gasteiger partial charge on any atom is -0.496 e. The van der Waals surface area contributed by atoms with Crippen LogP contribution in [-0.2, 0) is 11.3 Å². The lowest BCUT2D eigenvalue weighted by atomic mass is 9.90. The van der Waals surface area contributed by atoms with Crippen LogP contribution in [0.5, 0.6) is 5.75 Å². The summed E-state index contributed by atoms with van der Waals surface area (Å²) in [6.07, 6.45) is 0. The SMILES string of the molecule is COc1cccc2c(-c3ccccc3)c3c(cc12)C(=O)OC3. The monoisotopic (exact) mass is 290 g/mol. The van der Waals surface area contributed by atoms with Gasteiger partial charge in [-0.1, -0.05) is 42.5 Å². The van der Waals surface area contributed by atoms with Crippen molar-refractivity contribution >= 4 is 16.7 Å². The van der Waals surface area contributed by atoms with E-state index in [2.05, 4.69) is 18.2 Å². The van der Waals surface area contributed by atoms with Gasteiger partial charge in [-0.25, -0.2) is 4.79 Å². The van der Waals surface area contributed by atoms with E-state index in [-0.39, 0.29) is 5.97 Å². The second kappa shape index (κ2) is 4.88. The summed E-state index contributed by atoms with van der Waals surface area (Å²) in [6.45, 7) is 0.325. The van der Waals surface area contributed by atoms with E-state index in [9.17, 15) is 4.79 Å². The van der Waals surface area contributed by atoms with E-state index in [1.54, 1.807) is 7.11 Å². The average molecular weight is 290 g/mol. The molecule has 0 radical (unpaired) electrons. The van der Waals surface area contributed by atoms with Gasteiger partial charge >= 0.3 is 5.97 Å². The molecule has 108 valence electrons. The lowest BCUT2D eigenvalue weighted by Gasteiger charge is -2.13. The van der Waals surface area contributed by atoms with Gasteiger partial charge in [-0.15, -0.1) is 0 Å². The zero-order chi connectivity index (χ0) is 15.1. The first kappa shape index (κ1) is 12.9. The second-order valence-corrected chi connectivity index (χ2v) is 5.28. The zero-order valence-electron chi connectivity index (χ0n) is 12.1. The van der Waals surface area contributed by atoms with Gasteiger partial charge in [0.2, 0.25) is 0 Å². The Bertz CT molecular complexity index is 882. The molecule has 1 heterocycles. The van der Waals surface area contributed by atoms with Crippen molar-refractivity contribution in [2.45, 2.75) is 6.61 Å². The van der Waals surface area contributed by atoms with E-state index >= 15 is 0 Å². The predicted molar refractivity (Wildman–Crippen MR) is 85.1 cm³/mol. The number of rotatable bonds is 2. The van der Waals surface area contributed by atoms with Crippen LogP contribution in [0.4, 0.5) is 0 Å². The largest absolute Gasteiger partial charge is 0.496 e. The van der Waals surface area contributed by atoms with Crippen LogP contribution in [0.2, 0.25) is 0 Å². The third kappa shape index (κ3) is 1.79. The third-order valence-corrected chi connectivity index (χ3v) is 4.10. The van der Waals surface area contributed by atoms with Crippen molar-refractivity contribution in [2.24, 2.45) is 0 Å². The Morgan fingerprint density at radius 3 is 2.59 bits per heavy atom. The van der Waals surface area contributed by atoms with Gasteiger partial charge in [0.05, 0.1) is 12.7 Å². The molecule has 3 aromatic rings. The summed E-state index contributed by atoms with van der Waals surface area (Å²) in [5.41, 5.74) is 3.72. The van der Waals surface area contributed by atoms with Crippen LogP contribution in [0.3, 0.4) is 0 Å². The number of carbonyl (C=O) groups excluding carboxylic acids is 1. The van der Waals surface area contributed by atoms with Crippen molar-refractivity contribution in [3.63, 3.8) is 0 Å². The van der Waals surface area contributed by atoms with Gasteiger partial charge < -0.3 is 9.47 Å². The minimum atomic E-state index is -0.264. The fourth-order valence-corrected chi connectivity index (χ4v) is 3.10. The smallest absolute Gasteiger partial charge is 0.338 e. The molecule has 0 saturated carbocycles. The fraction of sp³-hybridized carbons (Fsp3) is 0.105. The van der Waals surface area contributed by atoms with Gasteiger partial charge in [0, 0.05) is 10.9 Å². The fourth-order valence-electron chi connectivity index (χ4n) is 3.10. The molecule has 4 rings (SSSR count). The van der Waals surface area contributed by atoms with Crippen LogP contribution in [-0.4, -0.2) is 13.1 Å². The van der Waals surface area contributed by atoms with E-state index in [0.29, 0.717) is 12.2 Å². The van der Waals surface area contributed by atoms with Gasteiger partial charge in [0.1, 0.15) is 12.4 Å². The maximum atomic E-state index is 12.0. The Kier molecular flexibility index (Phi) is 2.86. The summed E-state index contributed by atoms with van der Waals surface area (Å²) in [7, 11) is 1.64. The van der Waals surface area contributed by atoms with Crippen LogP contribution >= 0.6 is 0 Å². The summed E-state index contributed by atoms with van der Waals surface area (Å²) in [4.78, 5) is 12.0. The van der Waals surface area contributed by atoms with Crippen LogP contribution in [0, 0.1) is 0 Å². The maximum absolute atomic E-state index is 12.0. The maximum Gasteiger partial charge on any atom is 0.338 e. The molecule has 22 heavy (non-hydrogen) atoms. The number of benzene rings is 3. The Labute approximate surface area is 128 Å². The van der Waals surface area contributed by atoms with E-state index in [4.69, 9.17) is 9.47 Å². The van der Waals surface area contributed by atoms with Crippen molar-refractivity contribution < 1.29 is 14.3 Å². The van der Waals surface area contributed by atoms with Gasteiger partial charge in [-0.05, 0) is 28.6 Å². The molecule has 3 aromatic carbocycles. The highest BCUT2D eigenvalue weighted by Crippen LogP contribution is 2.40. The molecule has 0 bridgehead atoms. The predicted octanol–water partition coefficient (Wildman–Crippen LogP) is 4.19. The molecular formula is C19H14O3. The van der Waals surface area contributed by atoms with Crippen molar-refractivity contribution in [3.8, 4) is 16.9 Å². The number of ether oxygens (including phenoxy) is 2. The Morgan fingerprint density at radius 2 is 1.82 bits per heavy atom. The average Bonchev–Trinajstić information content (AvgIpc) is 2.94. The first-order valence-corrected chi connectivity index (χ1v) is 7.14. The molecule has 0 aliphatic carbocycles. The summed E-state index contributed by atoms with van der Waals surface area (Å²) < 4.78 is 10.7. The topological polar surface area (TPSA) is 35.5 Å². The lowest BCUT2D eigenvalue weighted by molar-refractivity contribution is 0.0535. The normalized spacial score (nSPS) is 13.0. The van der Waals surface area contributed by atoms with E-state index in [1.165, 1.54) is 0 Å². The molecule has 0 aromatic heterocycles. The number of hydrogen-bond acceptors (Lipinski definition) is 3. The van der Waals surface area contributed by atoms with E-state index < -0.39 is 0 Å². The molecule has 0 amide bonds. The second-order valence-electron chi connectivity index (χ2n) is 5.28. The summed E-state index contributed by atoms with van der Waals surface area (Å²) in [6, 6.07) is 17.9. The van der Waals surface area contributed by atoms with Crippen molar-refractivity contribution in [3.05, 3.63) is 65.7 Å². The quantitative estimate of drug-likeness (QED) is 0.664. The molecule has 0 spiro atoms. The Morgan fingerprint density at radius 1 is 1.00 bits per heavy atom. The van der Waals surface area contributed by atoms with Crippen LogP contribution in [0.15, 0.2) is 54.6 Å². The van der Waals surface area contributed by atoms with Gasteiger partial charge in [-0.3, -0.25) is 0 Å². The van der Waals surface area contributed by atoms with Crippen LogP contribution in [0.1, 0.15) is 15.9 Å². The molecule has 1 aliphatic rings. The highest BCUT2D eigenvalue weighted by Gasteiger charge is 2.27. The zero-order valence-corrected chi connectivity index (χ0v) is 12.1. The van der Waals surface area contributed by atoms with Gasteiger partial charge in [-0.2, -0.15) is 0 Å². The van der Waals surface area contributed by atoms with E-state index in [0.717, 1.165) is 33.2 Å². The Balaban J connectivity index is 2.16. The van der Waals surface area contributed by atoms with Crippen LogP contribution in [0.25, 0.3) is 21.9 Å². The number of cyclic esters (lactones) is 1. The van der Waals surface area contributed by atoms with Gasteiger partial charge in [0.15, 0.2) is 0 Å². The summed E-state index contributed by atoms with van der Waals surface area (Å²) in [5.74, 6) is 0.497. The lowest BCUT2D eigenvalue weighted by Crippen LogP contribution is -1.96. The number of carbonyl (C=O) groups is 1. The molecule has 0 unspecified atom stereocenters. The molecule has 0 N–H and O–H groups in total. The van der Waals surface area contributed by atoms with Crippen molar-refractivity contribution in [2.75, 3.05) is 7.11 Å². The summed E-state index contributed by atoms with van der Waals surface area (Å²) in [5, 5.41) is 2.00. The number of esters is 1. The van der Waals surface area contributed by atoms with Crippen molar-refractivity contribution in [1.82, 2.24) is 0 Å². The molecule has 3 heteroatoms. The molecule has 1 aliphatic heterocycles. The number of methoxy groups -OCH3 is 1. The van der Waals surface area contributed by atoms with Gasteiger partial charge in [0.25, 0.3) is 0 Å². The standard InChI is InChI=1S/C19H14O3/c1-21-17-9-5-8-13-14(17)10-15-16(11-22-19(15)20)18(13)12-6-3-2-4-7-12/h2-10H,11H2,1H3. The first-order valence-electron chi connectivity index (χ1n) is 7.14. The van der Waals surface area contributed by atoms with Crippen molar-refractivity contribution in [1.29, 1.82) is 0 Å². The highest BCUT2D eigenvalue weighted by atomic mass is 16.5. The number of fused-ring (bicyclic) bond motifs is 2. The molecule has 3 nitrogen and oxygen atoms in total. The number of hydrogen-bond donors (Lipinski definition) is 0. The highest BCUT2D eigenvalue weighted by molar-refractivity contribution is 6.08. The molecule has 0 fully saturated rings. The third-order valence-electron chi connectivity index (χ3n) is 4.10. The van der Waals surface area contributed by atoms with Crippen LogP contribution < -0.4 is 4.74 Å². The molecule has 0 saturated heterocycles. The summed E-state index contributed by atoms with van der Waals surface area (Å²) >= 11 is 0. The molecular weight excluding hydrogens is 276 g/mol.